The molecule has 0 aromatic heterocycles. The number of carbonyl (C=O) groups is 1. The minimum Gasteiger partial charge on any atom is -0.367 e. The van der Waals surface area contributed by atoms with Crippen molar-refractivity contribution in [3.8, 4) is 0 Å². The molecule has 0 spiro atoms. The molecule has 0 bridgehead atoms. The van der Waals surface area contributed by atoms with Gasteiger partial charge in [0.15, 0.2) is 0 Å². The summed E-state index contributed by atoms with van der Waals surface area (Å²) in [5.74, 6) is -0.583. The Morgan fingerprint density at radius 1 is 1.11 bits per heavy atom. The van der Waals surface area contributed by atoms with Gasteiger partial charge in [-0.15, -0.1) is 12.6 Å². The highest BCUT2D eigenvalue weighted by Gasteiger charge is 2.37. The monoisotopic (exact) mass is 272 g/mol. The summed E-state index contributed by atoms with van der Waals surface area (Å²) in [4.78, 5) is 12.7. The van der Waals surface area contributed by atoms with Crippen molar-refractivity contribution in [2.24, 2.45) is 11.5 Å². The van der Waals surface area contributed by atoms with Crippen LogP contribution in [0.5, 0.6) is 0 Å². The van der Waals surface area contributed by atoms with Crippen molar-refractivity contribution in [2.75, 3.05) is 0 Å². The van der Waals surface area contributed by atoms with Crippen molar-refractivity contribution in [2.45, 2.75) is 17.4 Å². The molecule has 0 aliphatic carbocycles. The van der Waals surface area contributed by atoms with Gasteiger partial charge in [-0.2, -0.15) is 0 Å². The molecule has 0 saturated heterocycles. The molecule has 1 amide bonds. The number of carbonyl (C=O) groups excluding carboxylic acids is 1. The van der Waals surface area contributed by atoms with Crippen LogP contribution in [0, 0.1) is 6.92 Å². The quantitative estimate of drug-likeness (QED) is 0.748. The first-order valence-corrected chi connectivity index (χ1v) is 6.36. The minimum atomic E-state index is -1.34. The molecule has 0 saturated carbocycles. The average molecular weight is 272 g/mol. The van der Waals surface area contributed by atoms with Gasteiger partial charge in [-0.05, 0) is 29.7 Å². The van der Waals surface area contributed by atoms with E-state index < -0.39 is 11.4 Å². The fourth-order valence-electron chi connectivity index (χ4n) is 2.18. The van der Waals surface area contributed by atoms with Crippen LogP contribution in [0.4, 0.5) is 0 Å². The summed E-state index contributed by atoms with van der Waals surface area (Å²) >= 11 is 4.37. The Labute approximate surface area is 118 Å². The zero-order valence-corrected chi connectivity index (χ0v) is 11.5. The Hall–Kier alpha value is -1.78. The molecule has 0 radical (unpaired) electrons. The van der Waals surface area contributed by atoms with Crippen LogP contribution in [-0.2, 0) is 10.3 Å². The van der Waals surface area contributed by atoms with E-state index in [2.05, 4.69) is 12.6 Å². The van der Waals surface area contributed by atoms with Gasteiger partial charge in [-0.3, -0.25) is 4.79 Å². The third-order valence-corrected chi connectivity index (χ3v) is 3.83. The average Bonchev–Trinajstić information content (AvgIpc) is 2.42. The van der Waals surface area contributed by atoms with Crippen LogP contribution in [-0.4, -0.2) is 5.91 Å². The zero-order valence-electron chi connectivity index (χ0n) is 10.6. The summed E-state index contributed by atoms with van der Waals surface area (Å²) in [5.41, 5.74) is 12.8. The zero-order chi connectivity index (χ0) is 14.0. The van der Waals surface area contributed by atoms with Gasteiger partial charge in [0.1, 0.15) is 5.54 Å². The van der Waals surface area contributed by atoms with E-state index in [0.717, 1.165) is 10.5 Å². The number of rotatable bonds is 3. The van der Waals surface area contributed by atoms with Gasteiger partial charge >= 0.3 is 0 Å². The standard InChI is InChI=1S/C15H16N2OS/c1-10-12(8-5-9-13(10)19)15(17,14(16)18)11-6-3-2-4-7-11/h2-9,19H,17H2,1H3,(H2,16,18). The number of hydrogen-bond acceptors (Lipinski definition) is 3. The van der Waals surface area contributed by atoms with Crippen LogP contribution in [0.2, 0.25) is 0 Å². The minimum absolute atomic E-state index is 0.583. The molecule has 4 N–H and O–H groups in total. The van der Waals surface area contributed by atoms with Crippen LogP contribution in [0.3, 0.4) is 0 Å². The second-order valence-electron chi connectivity index (χ2n) is 4.49. The van der Waals surface area contributed by atoms with Crippen LogP contribution < -0.4 is 11.5 Å². The molecule has 0 aliphatic rings. The van der Waals surface area contributed by atoms with Gasteiger partial charge in [0.25, 0.3) is 0 Å². The summed E-state index contributed by atoms with van der Waals surface area (Å²) in [6.07, 6.45) is 0. The SMILES string of the molecule is Cc1c(S)cccc1C(N)(C(N)=O)c1ccccc1. The fraction of sp³-hybridized carbons (Fsp3) is 0.133. The molecule has 2 aromatic carbocycles. The van der Waals surface area contributed by atoms with E-state index >= 15 is 0 Å². The Morgan fingerprint density at radius 3 is 2.32 bits per heavy atom. The summed E-state index contributed by atoms with van der Waals surface area (Å²) in [6.45, 7) is 1.88. The molecule has 2 rings (SSSR count). The lowest BCUT2D eigenvalue weighted by Gasteiger charge is -2.29. The maximum Gasteiger partial charge on any atom is 0.246 e. The van der Waals surface area contributed by atoms with Crippen LogP contribution >= 0.6 is 12.6 Å². The highest BCUT2D eigenvalue weighted by Crippen LogP contribution is 2.31. The van der Waals surface area contributed by atoms with E-state index in [1.807, 2.05) is 43.3 Å². The molecular weight excluding hydrogens is 256 g/mol. The summed E-state index contributed by atoms with van der Waals surface area (Å²) in [5, 5.41) is 0. The Kier molecular flexibility index (Phi) is 3.64. The first kappa shape index (κ1) is 13.6. The van der Waals surface area contributed by atoms with E-state index in [1.165, 1.54) is 0 Å². The predicted molar refractivity (Wildman–Crippen MR) is 79.0 cm³/mol. The van der Waals surface area contributed by atoms with E-state index in [-0.39, 0.29) is 0 Å². The number of hydrogen-bond donors (Lipinski definition) is 3. The molecule has 19 heavy (non-hydrogen) atoms. The highest BCUT2D eigenvalue weighted by molar-refractivity contribution is 7.80. The van der Waals surface area contributed by atoms with Crippen LogP contribution in [0.15, 0.2) is 53.4 Å². The molecule has 1 atom stereocenters. The second-order valence-corrected chi connectivity index (χ2v) is 4.97. The first-order chi connectivity index (χ1) is 8.98. The highest BCUT2D eigenvalue weighted by atomic mass is 32.1. The number of nitrogens with two attached hydrogens (primary N) is 2. The molecule has 0 fully saturated rings. The lowest BCUT2D eigenvalue weighted by molar-refractivity contribution is -0.122. The van der Waals surface area contributed by atoms with Crippen molar-refractivity contribution < 1.29 is 4.79 Å². The smallest absolute Gasteiger partial charge is 0.246 e. The third kappa shape index (κ3) is 2.25. The Balaban J connectivity index is 2.71. The van der Waals surface area contributed by atoms with E-state index in [0.29, 0.717) is 11.1 Å². The predicted octanol–water partition coefficient (Wildman–Crippen LogP) is 1.97. The maximum absolute atomic E-state index is 12.0. The number of benzene rings is 2. The largest absolute Gasteiger partial charge is 0.367 e. The molecular formula is C15H16N2OS. The summed E-state index contributed by atoms with van der Waals surface area (Å²) < 4.78 is 0. The third-order valence-electron chi connectivity index (χ3n) is 3.35. The lowest BCUT2D eigenvalue weighted by atomic mass is 9.81. The van der Waals surface area contributed by atoms with Crippen molar-refractivity contribution in [3.63, 3.8) is 0 Å². The first-order valence-electron chi connectivity index (χ1n) is 5.91. The normalized spacial score (nSPS) is 13.8. The molecule has 4 heteroatoms. The Morgan fingerprint density at radius 2 is 1.74 bits per heavy atom. The van der Waals surface area contributed by atoms with Crippen molar-refractivity contribution in [1.29, 1.82) is 0 Å². The van der Waals surface area contributed by atoms with Crippen LogP contribution in [0.25, 0.3) is 0 Å². The number of amides is 1. The number of thiol groups is 1. The molecule has 2 aromatic rings. The molecule has 3 nitrogen and oxygen atoms in total. The number of primary amides is 1. The van der Waals surface area contributed by atoms with E-state index in [1.54, 1.807) is 12.1 Å². The van der Waals surface area contributed by atoms with Gasteiger partial charge in [0.05, 0.1) is 0 Å². The van der Waals surface area contributed by atoms with Gasteiger partial charge in [0, 0.05) is 4.90 Å². The second kappa shape index (κ2) is 5.07. The van der Waals surface area contributed by atoms with E-state index in [4.69, 9.17) is 11.5 Å². The van der Waals surface area contributed by atoms with E-state index in [9.17, 15) is 4.79 Å². The molecule has 1 unspecified atom stereocenters. The van der Waals surface area contributed by atoms with Crippen LogP contribution in [0.1, 0.15) is 16.7 Å². The van der Waals surface area contributed by atoms with Gasteiger partial charge in [-0.1, -0.05) is 42.5 Å². The lowest BCUT2D eigenvalue weighted by Crippen LogP contribution is -2.50. The van der Waals surface area contributed by atoms with Gasteiger partial charge < -0.3 is 11.5 Å². The fourth-order valence-corrected chi connectivity index (χ4v) is 2.39. The van der Waals surface area contributed by atoms with Crippen molar-refractivity contribution in [1.82, 2.24) is 0 Å². The molecule has 0 heterocycles. The Bertz CT molecular complexity index is 613. The van der Waals surface area contributed by atoms with Crippen molar-refractivity contribution >= 4 is 18.5 Å². The summed E-state index contributed by atoms with van der Waals surface area (Å²) in [6, 6.07) is 14.6. The van der Waals surface area contributed by atoms with Gasteiger partial charge in [-0.25, -0.2) is 0 Å². The van der Waals surface area contributed by atoms with Gasteiger partial charge in [0.2, 0.25) is 5.91 Å². The molecule has 98 valence electrons. The molecule has 0 aliphatic heterocycles. The maximum atomic E-state index is 12.0. The topological polar surface area (TPSA) is 69.1 Å². The van der Waals surface area contributed by atoms with Crippen molar-refractivity contribution in [3.05, 3.63) is 65.2 Å². The summed E-state index contributed by atoms with van der Waals surface area (Å²) in [7, 11) is 0.